The third kappa shape index (κ3) is 17.2. The molecule has 0 rings (SSSR count). The highest BCUT2D eigenvalue weighted by atomic mass is 13.9. The zero-order valence-corrected chi connectivity index (χ0v) is 13.2. The SMILES string of the molecule is CCC/C=C\C/C=C\C/C=C\CCCCCCCC. The Hall–Kier alpha value is -0.780. The van der Waals surface area contributed by atoms with E-state index in [1.54, 1.807) is 0 Å². The van der Waals surface area contributed by atoms with E-state index in [0.717, 1.165) is 12.8 Å². The fourth-order valence-electron chi connectivity index (χ4n) is 1.99. The summed E-state index contributed by atoms with van der Waals surface area (Å²) in [7, 11) is 0. The Morgan fingerprint density at radius 3 is 1.63 bits per heavy atom. The molecule has 110 valence electrons. The van der Waals surface area contributed by atoms with Crippen LogP contribution in [0.3, 0.4) is 0 Å². The summed E-state index contributed by atoms with van der Waals surface area (Å²) in [4.78, 5) is 0. The molecule has 0 aliphatic carbocycles. The molecule has 0 aromatic rings. The lowest BCUT2D eigenvalue weighted by atomic mass is 10.1. The zero-order chi connectivity index (χ0) is 14.0. The Labute approximate surface area is 121 Å². The molecule has 0 atom stereocenters. The highest BCUT2D eigenvalue weighted by molar-refractivity contribution is 4.97. The van der Waals surface area contributed by atoms with Crippen LogP contribution in [-0.2, 0) is 0 Å². The van der Waals surface area contributed by atoms with Crippen LogP contribution in [0.5, 0.6) is 0 Å². The first-order valence-electron chi connectivity index (χ1n) is 8.36. The quantitative estimate of drug-likeness (QED) is 0.248. The molecule has 0 heterocycles. The molecule has 0 N–H and O–H groups in total. The summed E-state index contributed by atoms with van der Waals surface area (Å²) >= 11 is 0. The van der Waals surface area contributed by atoms with E-state index in [-0.39, 0.29) is 0 Å². The molecule has 0 aromatic heterocycles. The standard InChI is InChI=1S/C19H34/c1-3-5-7-9-11-13-15-17-19-18-16-14-12-10-8-6-4-2/h7,9,13,15,18-19H,3-6,8,10-12,14,16-17H2,1-2H3/b9-7-,15-13-,19-18-. The summed E-state index contributed by atoms with van der Waals surface area (Å²) in [5, 5.41) is 0. The average Bonchev–Trinajstić information content (AvgIpc) is 2.43. The van der Waals surface area contributed by atoms with E-state index in [4.69, 9.17) is 0 Å². The predicted molar refractivity (Wildman–Crippen MR) is 89.6 cm³/mol. The third-order valence-corrected chi connectivity index (χ3v) is 3.22. The van der Waals surface area contributed by atoms with E-state index in [9.17, 15) is 0 Å². The van der Waals surface area contributed by atoms with Crippen LogP contribution >= 0.6 is 0 Å². The lowest BCUT2D eigenvalue weighted by molar-refractivity contribution is 0.611. The largest absolute Gasteiger partial charge is 0.0882 e. The Balaban J connectivity index is 3.22. The van der Waals surface area contributed by atoms with Gasteiger partial charge in [-0.2, -0.15) is 0 Å². The van der Waals surface area contributed by atoms with Crippen molar-refractivity contribution in [3.63, 3.8) is 0 Å². The van der Waals surface area contributed by atoms with Crippen LogP contribution in [-0.4, -0.2) is 0 Å². The van der Waals surface area contributed by atoms with Gasteiger partial charge in [-0.25, -0.2) is 0 Å². The molecular formula is C19H34. The van der Waals surface area contributed by atoms with Crippen molar-refractivity contribution in [1.29, 1.82) is 0 Å². The zero-order valence-electron chi connectivity index (χ0n) is 13.2. The van der Waals surface area contributed by atoms with Gasteiger partial charge < -0.3 is 0 Å². The van der Waals surface area contributed by atoms with Gasteiger partial charge in [-0.1, -0.05) is 88.8 Å². The lowest BCUT2D eigenvalue weighted by Crippen LogP contribution is -1.77. The van der Waals surface area contributed by atoms with E-state index < -0.39 is 0 Å². The molecule has 0 spiro atoms. The van der Waals surface area contributed by atoms with Crippen molar-refractivity contribution in [3.8, 4) is 0 Å². The van der Waals surface area contributed by atoms with Crippen LogP contribution in [0.2, 0.25) is 0 Å². The molecular weight excluding hydrogens is 228 g/mol. The molecule has 0 bridgehead atoms. The normalized spacial score (nSPS) is 12.3. The highest BCUT2D eigenvalue weighted by Crippen LogP contribution is 2.07. The fourth-order valence-corrected chi connectivity index (χ4v) is 1.99. The Morgan fingerprint density at radius 2 is 1.00 bits per heavy atom. The smallest absolute Gasteiger partial charge is 0.0169 e. The van der Waals surface area contributed by atoms with Crippen LogP contribution in [0.15, 0.2) is 36.5 Å². The minimum absolute atomic E-state index is 1.09. The van der Waals surface area contributed by atoms with Gasteiger partial charge in [0.15, 0.2) is 0 Å². The number of unbranched alkanes of at least 4 members (excludes halogenated alkanes) is 7. The van der Waals surface area contributed by atoms with Crippen LogP contribution in [0, 0.1) is 0 Å². The van der Waals surface area contributed by atoms with Crippen molar-refractivity contribution < 1.29 is 0 Å². The minimum atomic E-state index is 1.09. The summed E-state index contributed by atoms with van der Waals surface area (Å²) < 4.78 is 0. The maximum absolute atomic E-state index is 2.34. The second kappa shape index (κ2) is 17.2. The monoisotopic (exact) mass is 262 g/mol. The van der Waals surface area contributed by atoms with Gasteiger partial charge in [-0.15, -0.1) is 0 Å². The number of rotatable bonds is 13. The van der Waals surface area contributed by atoms with Gasteiger partial charge in [-0.3, -0.25) is 0 Å². The Kier molecular flexibility index (Phi) is 16.5. The van der Waals surface area contributed by atoms with E-state index in [0.29, 0.717) is 0 Å². The first-order valence-corrected chi connectivity index (χ1v) is 8.36. The number of hydrogen-bond acceptors (Lipinski definition) is 0. The first kappa shape index (κ1) is 18.2. The summed E-state index contributed by atoms with van der Waals surface area (Å²) in [5.41, 5.74) is 0. The van der Waals surface area contributed by atoms with Crippen molar-refractivity contribution in [2.75, 3.05) is 0 Å². The molecule has 0 radical (unpaired) electrons. The molecule has 19 heavy (non-hydrogen) atoms. The second-order valence-corrected chi connectivity index (χ2v) is 5.23. The maximum Gasteiger partial charge on any atom is -0.0169 e. The van der Waals surface area contributed by atoms with Crippen LogP contribution in [0.4, 0.5) is 0 Å². The second-order valence-electron chi connectivity index (χ2n) is 5.23. The van der Waals surface area contributed by atoms with Crippen molar-refractivity contribution in [1.82, 2.24) is 0 Å². The van der Waals surface area contributed by atoms with Crippen LogP contribution in [0.25, 0.3) is 0 Å². The minimum Gasteiger partial charge on any atom is -0.0882 e. The van der Waals surface area contributed by atoms with E-state index in [1.165, 1.54) is 57.8 Å². The van der Waals surface area contributed by atoms with Crippen LogP contribution < -0.4 is 0 Å². The Morgan fingerprint density at radius 1 is 0.474 bits per heavy atom. The summed E-state index contributed by atoms with van der Waals surface area (Å²) in [6.45, 7) is 4.49. The Bertz CT molecular complexity index is 232. The van der Waals surface area contributed by atoms with E-state index in [2.05, 4.69) is 50.3 Å². The van der Waals surface area contributed by atoms with Crippen molar-refractivity contribution >= 4 is 0 Å². The van der Waals surface area contributed by atoms with E-state index >= 15 is 0 Å². The van der Waals surface area contributed by atoms with Gasteiger partial charge in [0, 0.05) is 0 Å². The molecule has 0 aliphatic rings. The molecule has 0 saturated heterocycles. The lowest BCUT2D eigenvalue weighted by Gasteiger charge is -1.97. The third-order valence-electron chi connectivity index (χ3n) is 3.22. The van der Waals surface area contributed by atoms with Gasteiger partial charge in [0.25, 0.3) is 0 Å². The first-order chi connectivity index (χ1) is 9.41. The summed E-state index contributed by atoms with van der Waals surface area (Å²) in [6.07, 6.45) is 28.0. The summed E-state index contributed by atoms with van der Waals surface area (Å²) in [5.74, 6) is 0. The van der Waals surface area contributed by atoms with Crippen LogP contribution in [0.1, 0.15) is 84.5 Å². The van der Waals surface area contributed by atoms with Gasteiger partial charge in [0.1, 0.15) is 0 Å². The number of hydrogen-bond donors (Lipinski definition) is 0. The molecule has 0 aliphatic heterocycles. The highest BCUT2D eigenvalue weighted by Gasteiger charge is 1.87. The molecule has 0 amide bonds. The molecule has 0 nitrogen and oxygen atoms in total. The molecule has 0 saturated carbocycles. The summed E-state index contributed by atoms with van der Waals surface area (Å²) in [6, 6.07) is 0. The average molecular weight is 262 g/mol. The molecule has 0 unspecified atom stereocenters. The predicted octanol–water partition coefficient (Wildman–Crippen LogP) is 6.99. The maximum atomic E-state index is 2.34. The van der Waals surface area contributed by atoms with Gasteiger partial charge in [0.05, 0.1) is 0 Å². The fraction of sp³-hybridized carbons (Fsp3) is 0.684. The number of allylic oxidation sites excluding steroid dienone is 6. The van der Waals surface area contributed by atoms with E-state index in [1.807, 2.05) is 0 Å². The van der Waals surface area contributed by atoms with Gasteiger partial charge in [-0.05, 0) is 32.1 Å². The topological polar surface area (TPSA) is 0 Å². The molecule has 0 fully saturated rings. The van der Waals surface area contributed by atoms with Gasteiger partial charge in [0.2, 0.25) is 0 Å². The molecule has 0 aromatic carbocycles. The van der Waals surface area contributed by atoms with Crippen molar-refractivity contribution in [3.05, 3.63) is 36.5 Å². The van der Waals surface area contributed by atoms with Gasteiger partial charge >= 0.3 is 0 Å². The van der Waals surface area contributed by atoms with Crippen molar-refractivity contribution in [2.45, 2.75) is 84.5 Å². The van der Waals surface area contributed by atoms with Crippen molar-refractivity contribution in [2.24, 2.45) is 0 Å². The molecule has 0 heteroatoms.